The standard InChI is InChI=1S/C17H21NO6/c1-3-23-15(21)17(16(22)24-4-2)7-9-5-11-12(6-10(9)8-17)14(20)18-13(11)19/h11-12H,3-8H2,1-2H3,(H,18,19,20). The van der Waals surface area contributed by atoms with Crippen LogP contribution in [0.25, 0.3) is 0 Å². The zero-order valence-corrected chi connectivity index (χ0v) is 13.8. The Morgan fingerprint density at radius 3 is 1.75 bits per heavy atom. The van der Waals surface area contributed by atoms with Crippen molar-refractivity contribution in [3.8, 4) is 0 Å². The summed E-state index contributed by atoms with van der Waals surface area (Å²) in [7, 11) is 0. The van der Waals surface area contributed by atoms with Gasteiger partial charge in [0, 0.05) is 0 Å². The van der Waals surface area contributed by atoms with E-state index in [1.165, 1.54) is 0 Å². The van der Waals surface area contributed by atoms with Crippen LogP contribution in [0, 0.1) is 17.3 Å². The second-order valence-electron chi connectivity index (χ2n) is 6.56. The van der Waals surface area contributed by atoms with E-state index in [2.05, 4.69) is 5.32 Å². The predicted molar refractivity (Wildman–Crippen MR) is 81.3 cm³/mol. The maximum atomic E-state index is 12.5. The summed E-state index contributed by atoms with van der Waals surface area (Å²) in [6.07, 6.45) is 1.26. The molecule has 2 amide bonds. The van der Waals surface area contributed by atoms with Crippen LogP contribution in [0.1, 0.15) is 39.5 Å². The maximum Gasteiger partial charge on any atom is 0.324 e. The van der Waals surface area contributed by atoms with E-state index in [0.29, 0.717) is 12.8 Å². The monoisotopic (exact) mass is 335 g/mol. The highest BCUT2D eigenvalue weighted by Crippen LogP contribution is 2.52. The summed E-state index contributed by atoms with van der Waals surface area (Å²) in [6.45, 7) is 3.73. The fourth-order valence-electron chi connectivity index (χ4n) is 4.06. The number of amides is 2. The first-order valence-corrected chi connectivity index (χ1v) is 8.31. The summed E-state index contributed by atoms with van der Waals surface area (Å²) >= 11 is 0. The van der Waals surface area contributed by atoms with Crippen LogP contribution in [0.15, 0.2) is 11.1 Å². The van der Waals surface area contributed by atoms with Crippen molar-refractivity contribution in [2.75, 3.05) is 13.2 Å². The Morgan fingerprint density at radius 1 is 0.958 bits per heavy atom. The molecule has 0 aromatic heterocycles. The van der Waals surface area contributed by atoms with E-state index in [-0.39, 0.29) is 37.9 Å². The molecule has 1 saturated heterocycles. The number of fused-ring (bicyclic) bond motifs is 1. The van der Waals surface area contributed by atoms with Gasteiger partial charge in [0.2, 0.25) is 11.8 Å². The van der Waals surface area contributed by atoms with Gasteiger partial charge in [-0.05, 0) is 39.5 Å². The molecule has 3 rings (SSSR count). The smallest absolute Gasteiger partial charge is 0.324 e. The van der Waals surface area contributed by atoms with E-state index >= 15 is 0 Å². The summed E-state index contributed by atoms with van der Waals surface area (Å²) in [5.41, 5.74) is 0.471. The lowest BCUT2D eigenvalue weighted by molar-refractivity contribution is -0.171. The van der Waals surface area contributed by atoms with Crippen LogP contribution < -0.4 is 5.32 Å². The summed E-state index contributed by atoms with van der Waals surface area (Å²) in [5.74, 6) is -2.48. The molecule has 3 aliphatic rings. The van der Waals surface area contributed by atoms with Crippen molar-refractivity contribution in [1.82, 2.24) is 5.32 Å². The van der Waals surface area contributed by atoms with Gasteiger partial charge in [0.05, 0.1) is 25.0 Å². The van der Waals surface area contributed by atoms with Gasteiger partial charge in [0.15, 0.2) is 5.41 Å². The quantitative estimate of drug-likeness (QED) is 0.354. The average molecular weight is 335 g/mol. The molecule has 0 radical (unpaired) electrons. The van der Waals surface area contributed by atoms with Crippen LogP contribution in [-0.4, -0.2) is 37.0 Å². The largest absolute Gasteiger partial charge is 0.465 e. The minimum Gasteiger partial charge on any atom is -0.465 e. The SMILES string of the molecule is CCOC(=O)C1(C(=O)OCC)CC2=C(CC3C(=O)NC(=O)C3C2)C1. The van der Waals surface area contributed by atoms with E-state index in [1.807, 2.05) is 0 Å². The average Bonchev–Trinajstić information content (AvgIpc) is 3.05. The maximum absolute atomic E-state index is 12.5. The number of hydrogen-bond donors (Lipinski definition) is 1. The molecular weight excluding hydrogens is 314 g/mol. The van der Waals surface area contributed by atoms with E-state index in [0.717, 1.165) is 11.1 Å². The van der Waals surface area contributed by atoms with Crippen molar-refractivity contribution in [3.05, 3.63) is 11.1 Å². The number of esters is 2. The highest BCUT2D eigenvalue weighted by atomic mass is 16.6. The van der Waals surface area contributed by atoms with Gasteiger partial charge in [-0.2, -0.15) is 0 Å². The number of rotatable bonds is 4. The number of nitrogens with one attached hydrogen (secondary N) is 1. The third-order valence-corrected chi connectivity index (χ3v) is 5.20. The van der Waals surface area contributed by atoms with Gasteiger partial charge in [-0.1, -0.05) is 11.1 Å². The zero-order valence-electron chi connectivity index (χ0n) is 13.8. The van der Waals surface area contributed by atoms with E-state index in [9.17, 15) is 19.2 Å². The number of carbonyl (C=O) groups is 4. The highest BCUT2D eigenvalue weighted by Gasteiger charge is 2.57. The van der Waals surface area contributed by atoms with Crippen LogP contribution in [-0.2, 0) is 28.7 Å². The highest BCUT2D eigenvalue weighted by molar-refractivity contribution is 6.06. The van der Waals surface area contributed by atoms with Crippen LogP contribution in [0.3, 0.4) is 0 Å². The molecular formula is C17H21NO6. The summed E-state index contributed by atoms with van der Waals surface area (Å²) < 4.78 is 10.3. The molecule has 7 heteroatoms. The molecule has 0 spiro atoms. The summed E-state index contributed by atoms with van der Waals surface area (Å²) in [5, 5.41) is 2.37. The molecule has 0 bridgehead atoms. The fourth-order valence-corrected chi connectivity index (χ4v) is 4.06. The van der Waals surface area contributed by atoms with Gasteiger partial charge < -0.3 is 9.47 Å². The lowest BCUT2D eigenvalue weighted by atomic mass is 9.78. The Bertz CT molecular complexity index is 595. The molecule has 1 N–H and O–H groups in total. The van der Waals surface area contributed by atoms with E-state index in [4.69, 9.17) is 9.47 Å². The first kappa shape index (κ1) is 16.7. The van der Waals surface area contributed by atoms with E-state index in [1.54, 1.807) is 13.8 Å². The summed E-state index contributed by atoms with van der Waals surface area (Å²) in [4.78, 5) is 48.8. The molecule has 130 valence electrons. The Labute approximate surface area is 139 Å². The number of allylic oxidation sites excluding steroid dienone is 2. The Hall–Kier alpha value is -2.18. The molecule has 2 unspecified atom stereocenters. The van der Waals surface area contributed by atoms with Gasteiger partial charge in [-0.25, -0.2) is 0 Å². The van der Waals surface area contributed by atoms with E-state index < -0.39 is 29.2 Å². The van der Waals surface area contributed by atoms with Gasteiger partial charge in [-0.15, -0.1) is 0 Å². The van der Waals surface area contributed by atoms with Crippen LogP contribution >= 0.6 is 0 Å². The molecule has 0 aromatic carbocycles. The van der Waals surface area contributed by atoms with Crippen molar-refractivity contribution >= 4 is 23.8 Å². The normalized spacial score (nSPS) is 27.4. The second kappa shape index (κ2) is 6.03. The number of carbonyl (C=O) groups excluding carboxylic acids is 4. The third kappa shape index (κ3) is 2.42. The van der Waals surface area contributed by atoms with Crippen molar-refractivity contribution in [2.45, 2.75) is 39.5 Å². The molecule has 1 heterocycles. The lowest BCUT2D eigenvalue weighted by Crippen LogP contribution is -2.40. The molecule has 2 atom stereocenters. The number of ether oxygens (including phenoxy) is 2. The van der Waals surface area contributed by atoms with Crippen LogP contribution in [0.4, 0.5) is 0 Å². The van der Waals surface area contributed by atoms with Crippen LogP contribution in [0.2, 0.25) is 0 Å². The van der Waals surface area contributed by atoms with Crippen molar-refractivity contribution in [3.63, 3.8) is 0 Å². The fraction of sp³-hybridized carbons (Fsp3) is 0.647. The van der Waals surface area contributed by atoms with Gasteiger partial charge in [0.1, 0.15) is 0 Å². The Balaban J connectivity index is 1.87. The van der Waals surface area contributed by atoms with Gasteiger partial charge >= 0.3 is 11.9 Å². The first-order valence-electron chi connectivity index (χ1n) is 8.31. The minimum atomic E-state index is -1.37. The molecule has 2 aliphatic carbocycles. The lowest BCUT2D eigenvalue weighted by Gasteiger charge is -2.25. The number of imide groups is 1. The molecule has 1 fully saturated rings. The minimum absolute atomic E-state index is 0.177. The third-order valence-electron chi connectivity index (χ3n) is 5.20. The van der Waals surface area contributed by atoms with Gasteiger partial charge in [0.25, 0.3) is 0 Å². The molecule has 7 nitrogen and oxygen atoms in total. The molecule has 0 saturated carbocycles. The Morgan fingerprint density at radius 2 is 1.38 bits per heavy atom. The summed E-state index contributed by atoms with van der Waals surface area (Å²) in [6, 6.07) is 0. The number of hydrogen-bond acceptors (Lipinski definition) is 6. The zero-order chi connectivity index (χ0) is 17.5. The molecule has 0 aromatic rings. The molecule has 1 aliphatic heterocycles. The van der Waals surface area contributed by atoms with Crippen LogP contribution in [0.5, 0.6) is 0 Å². The van der Waals surface area contributed by atoms with Gasteiger partial charge in [-0.3, -0.25) is 24.5 Å². The topological polar surface area (TPSA) is 98.8 Å². The molecule has 24 heavy (non-hydrogen) atoms. The first-order chi connectivity index (χ1) is 11.4. The predicted octanol–water partition coefficient (Wildman–Crippen LogP) is 0.872. The van der Waals surface area contributed by atoms with Crippen molar-refractivity contribution in [1.29, 1.82) is 0 Å². The Kier molecular flexibility index (Phi) is 4.19. The second-order valence-corrected chi connectivity index (χ2v) is 6.56. The van der Waals surface area contributed by atoms with Crippen molar-refractivity contribution in [2.24, 2.45) is 17.3 Å². The van der Waals surface area contributed by atoms with Crippen molar-refractivity contribution < 1.29 is 28.7 Å².